The summed E-state index contributed by atoms with van der Waals surface area (Å²) in [6.45, 7) is 5.89. The second-order valence-electron chi connectivity index (χ2n) is 4.17. The number of hydrogen-bond donors (Lipinski definition) is 0. The molecule has 1 atom stereocenters. The van der Waals surface area contributed by atoms with Gasteiger partial charge in [-0.15, -0.1) is 11.6 Å². The number of rotatable bonds is 7. The van der Waals surface area contributed by atoms with E-state index >= 15 is 0 Å². The van der Waals surface area contributed by atoms with Crippen molar-refractivity contribution >= 4 is 11.6 Å². The summed E-state index contributed by atoms with van der Waals surface area (Å²) in [7, 11) is 0. The maximum absolute atomic E-state index is 6.01. The average Bonchev–Trinajstić information content (AvgIpc) is 2.29. The van der Waals surface area contributed by atoms with Gasteiger partial charge in [0.2, 0.25) is 0 Å². The first-order valence-corrected chi connectivity index (χ1v) is 6.51. The molecule has 16 heavy (non-hydrogen) atoms. The molecule has 0 saturated heterocycles. The molecule has 1 rings (SSSR count). The zero-order valence-corrected chi connectivity index (χ0v) is 11.0. The van der Waals surface area contributed by atoms with Gasteiger partial charge in [-0.3, -0.25) is 0 Å². The first-order chi connectivity index (χ1) is 7.77. The molecule has 90 valence electrons. The fraction of sp³-hybridized carbons (Fsp3) is 0.571. The van der Waals surface area contributed by atoms with E-state index in [1.807, 2.05) is 0 Å². The number of aryl methyl sites for hydroxylation is 1. The Hall–Kier alpha value is -0.530. The van der Waals surface area contributed by atoms with Crippen molar-refractivity contribution in [3.05, 3.63) is 35.4 Å². The summed E-state index contributed by atoms with van der Waals surface area (Å²) >= 11 is 6.01. The van der Waals surface area contributed by atoms with Crippen LogP contribution in [-0.4, -0.2) is 19.1 Å². The van der Waals surface area contributed by atoms with E-state index in [-0.39, 0.29) is 0 Å². The second kappa shape index (κ2) is 7.70. The van der Waals surface area contributed by atoms with Crippen LogP contribution in [0.2, 0.25) is 0 Å². The van der Waals surface area contributed by atoms with E-state index in [1.54, 1.807) is 0 Å². The van der Waals surface area contributed by atoms with Crippen molar-refractivity contribution < 1.29 is 4.74 Å². The highest BCUT2D eigenvalue weighted by Gasteiger charge is 2.10. The highest BCUT2D eigenvalue weighted by Crippen LogP contribution is 2.22. The Morgan fingerprint density at radius 1 is 1.31 bits per heavy atom. The van der Waals surface area contributed by atoms with Gasteiger partial charge in [-0.2, -0.15) is 0 Å². The third-order valence-corrected chi connectivity index (χ3v) is 3.03. The summed E-state index contributed by atoms with van der Waals surface area (Å²) in [6, 6.07) is 8.58. The Morgan fingerprint density at radius 3 is 2.75 bits per heavy atom. The molecule has 0 heterocycles. The Morgan fingerprint density at radius 2 is 2.12 bits per heavy atom. The normalized spacial score (nSPS) is 12.7. The van der Waals surface area contributed by atoms with Crippen LogP contribution in [0.4, 0.5) is 0 Å². The van der Waals surface area contributed by atoms with Crippen molar-refractivity contribution in [3.63, 3.8) is 0 Å². The van der Waals surface area contributed by atoms with Gasteiger partial charge in [0.1, 0.15) is 0 Å². The Balaban J connectivity index is 2.47. The van der Waals surface area contributed by atoms with Crippen LogP contribution >= 0.6 is 11.6 Å². The molecule has 1 aromatic carbocycles. The number of alkyl halides is 1. The molecule has 0 bridgehead atoms. The lowest BCUT2D eigenvalue weighted by molar-refractivity contribution is 0.129. The minimum atomic E-state index is 0.415. The molecule has 0 amide bonds. The Bertz CT molecular complexity index is 299. The molecule has 1 nitrogen and oxygen atoms in total. The number of hydrogen-bond acceptors (Lipinski definition) is 1. The molecule has 0 aliphatic carbocycles. The molecule has 1 unspecified atom stereocenters. The average molecular weight is 241 g/mol. The van der Waals surface area contributed by atoms with Crippen molar-refractivity contribution in [2.24, 2.45) is 0 Å². The first kappa shape index (κ1) is 13.5. The fourth-order valence-electron chi connectivity index (χ4n) is 1.73. The van der Waals surface area contributed by atoms with E-state index in [0.717, 1.165) is 26.1 Å². The lowest BCUT2D eigenvalue weighted by atomic mass is 9.96. The van der Waals surface area contributed by atoms with Crippen molar-refractivity contribution in [1.82, 2.24) is 0 Å². The minimum Gasteiger partial charge on any atom is -0.381 e. The fourth-order valence-corrected chi connectivity index (χ4v) is 2.06. The quantitative estimate of drug-likeness (QED) is 0.514. The molecule has 0 radical (unpaired) electrons. The predicted octanol–water partition coefficient (Wildman–Crippen LogP) is 4.13. The SMILES string of the molecule is CCCOCCC(CCl)c1cccc(C)c1. The first-order valence-electron chi connectivity index (χ1n) is 5.98. The van der Waals surface area contributed by atoms with Crippen molar-refractivity contribution in [2.75, 3.05) is 19.1 Å². The molecule has 0 aromatic heterocycles. The molecule has 0 fully saturated rings. The van der Waals surface area contributed by atoms with Crippen LogP contribution < -0.4 is 0 Å². The lowest BCUT2D eigenvalue weighted by Crippen LogP contribution is -2.06. The molecular weight excluding hydrogens is 220 g/mol. The van der Waals surface area contributed by atoms with Gasteiger partial charge in [0, 0.05) is 19.1 Å². The van der Waals surface area contributed by atoms with E-state index in [2.05, 4.69) is 38.1 Å². The van der Waals surface area contributed by atoms with Crippen molar-refractivity contribution in [1.29, 1.82) is 0 Å². The van der Waals surface area contributed by atoms with Gasteiger partial charge in [0.15, 0.2) is 0 Å². The summed E-state index contributed by atoms with van der Waals surface area (Å²) in [6.07, 6.45) is 2.09. The number of benzene rings is 1. The summed E-state index contributed by atoms with van der Waals surface area (Å²) < 4.78 is 5.51. The van der Waals surface area contributed by atoms with E-state index < -0.39 is 0 Å². The van der Waals surface area contributed by atoms with Gasteiger partial charge in [0.05, 0.1) is 0 Å². The monoisotopic (exact) mass is 240 g/mol. The summed E-state index contributed by atoms with van der Waals surface area (Å²) in [5.74, 6) is 1.08. The molecular formula is C14H21ClO. The smallest absolute Gasteiger partial charge is 0.0472 e. The van der Waals surface area contributed by atoms with Gasteiger partial charge in [-0.1, -0.05) is 36.8 Å². The number of halogens is 1. The highest BCUT2D eigenvalue weighted by molar-refractivity contribution is 6.18. The maximum atomic E-state index is 6.01. The summed E-state index contributed by atoms with van der Waals surface area (Å²) in [5.41, 5.74) is 2.62. The van der Waals surface area contributed by atoms with Gasteiger partial charge in [-0.05, 0) is 31.2 Å². The van der Waals surface area contributed by atoms with E-state index in [1.165, 1.54) is 11.1 Å². The minimum absolute atomic E-state index is 0.415. The van der Waals surface area contributed by atoms with E-state index in [9.17, 15) is 0 Å². The lowest BCUT2D eigenvalue weighted by Gasteiger charge is -2.14. The molecule has 0 spiro atoms. The van der Waals surface area contributed by atoms with Gasteiger partial charge in [-0.25, -0.2) is 0 Å². The van der Waals surface area contributed by atoms with E-state index in [4.69, 9.17) is 16.3 Å². The summed E-state index contributed by atoms with van der Waals surface area (Å²) in [5, 5.41) is 0. The predicted molar refractivity (Wildman–Crippen MR) is 70.4 cm³/mol. The summed E-state index contributed by atoms with van der Waals surface area (Å²) in [4.78, 5) is 0. The van der Waals surface area contributed by atoms with Crippen LogP contribution in [0.15, 0.2) is 24.3 Å². The maximum Gasteiger partial charge on any atom is 0.0472 e. The standard InChI is InChI=1S/C14H21ClO/c1-3-8-16-9-7-14(11-15)13-6-4-5-12(2)10-13/h4-6,10,14H,3,7-9,11H2,1-2H3. The van der Waals surface area contributed by atoms with Gasteiger partial charge >= 0.3 is 0 Å². The molecule has 1 aromatic rings. The van der Waals surface area contributed by atoms with Crippen LogP contribution in [-0.2, 0) is 4.74 Å². The molecule has 2 heteroatoms. The molecule has 0 aliphatic heterocycles. The highest BCUT2D eigenvalue weighted by atomic mass is 35.5. The third kappa shape index (κ3) is 4.54. The van der Waals surface area contributed by atoms with Crippen LogP contribution in [0, 0.1) is 6.92 Å². The zero-order chi connectivity index (χ0) is 11.8. The van der Waals surface area contributed by atoms with Crippen LogP contribution in [0.1, 0.15) is 36.8 Å². The number of ether oxygens (including phenoxy) is 1. The van der Waals surface area contributed by atoms with Crippen LogP contribution in [0.25, 0.3) is 0 Å². The Kier molecular flexibility index (Phi) is 6.51. The molecule has 0 saturated carbocycles. The second-order valence-corrected chi connectivity index (χ2v) is 4.48. The topological polar surface area (TPSA) is 9.23 Å². The third-order valence-electron chi connectivity index (χ3n) is 2.66. The van der Waals surface area contributed by atoms with Gasteiger partial charge in [0.25, 0.3) is 0 Å². The largest absolute Gasteiger partial charge is 0.381 e. The van der Waals surface area contributed by atoms with Crippen molar-refractivity contribution in [2.45, 2.75) is 32.6 Å². The Labute approximate surface area is 104 Å². The molecule has 0 aliphatic rings. The van der Waals surface area contributed by atoms with Crippen molar-refractivity contribution in [3.8, 4) is 0 Å². The zero-order valence-electron chi connectivity index (χ0n) is 10.2. The van der Waals surface area contributed by atoms with Crippen LogP contribution in [0.3, 0.4) is 0 Å². The van der Waals surface area contributed by atoms with Crippen LogP contribution in [0.5, 0.6) is 0 Å². The molecule has 0 N–H and O–H groups in total. The van der Waals surface area contributed by atoms with E-state index in [0.29, 0.717) is 11.8 Å². The van der Waals surface area contributed by atoms with Gasteiger partial charge < -0.3 is 4.74 Å².